The van der Waals surface area contributed by atoms with Crippen molar-refractivity contribution in [3.63, 3.8) is 0 Å². The highest BCUT2D eigenvalue weighted by molar-refractivity contribution is 6.04. The highest BCUT2D eigenvalue weighted by Crippen LogP contribution is 2.30. The maximum absolute atomic E-state index is 12.9. The van der Waals surface area contributed by atoms with Crippen molar-refractivity contribution < 1.29 is 4.79 Å². The van der Waals surface area contributed by atoms with Crippen molar-refractivity contribution >= 4 is 17.3 Å². The van der Waals surface area contributed by atoms with Crippen LogP contribution in [0.2, 0.25) is 0 Å². The fourth-order valence-electron chi connectivity index (χ4n) is 4.09. The fraction of sp³-hybridized carbons (Fsp3) is 0.154. The molecule has 0 unspecified atom stereocenters. The van der Waals surface area contributed by atoms with Crippen LogP contribution >= 0.6 is 0 Å². The van der Waals surface area contributed by atoms with Gasteiger partial charge in [-0.25, -0.2) is 0 Å². The zero-order valence-corrected chi connectivity index (χ0v) is 17.2. The third kappa shape index (κ3) is 4.21. The smallest absolute Gasteiger partial charge is 0.255 e. The van der Waals surface area contributed by atoms with Crippen LogP contribution in [0.3, 0.4) is 0 Å². The summed E-state index contributed by atoms with van der Waals surface area (Å²) < 4.78 is 1.86. The quantitative estimate of drug-likeness (QED) is 0.501. The van der Waals surface area contributed by atoms with E-state index in [1.165, 1.54) is 11.3 Å². The van der Waals surface area contributed by atoms with Crippen LogP contribution in [0.1, 0.15) is 27.0 Å². The van der Waals surface area contributed by atoms with E-state index in [0.717, 1.165) is 36.3 Å². The molecule has 5 heteroatoms. The van der Waals surface area contributed by atoms with Crippen molar-refractivity contribution in [2.24, 2.45) is 0 Å². The monoisotopic (exact) mass is 408 g/mol. The Morgan fingerprint density at radius 1 is 0.903 bits per heavy atom. The van der Waals surface area contributed by atoms with E-state index in [0.29, 0.717) is 12.1 Å². The molecule has 1 aliphatic rings. The molecule has 5 rings (SSSR count). The molecule has 0 saturated heterocycles. The number of nitrogens with one attached hydrogen (secondary N) is 1. The molecule has 1 amide bonds. The van der Waals surface area contributed by atoms with Gasteiger partial charge in [0.25, 0.3) is 5.91 Å². The molecule has 0 atom stereocenters. The van der Waals surface area contributed by atoms with Crippen LogP contribution in [0.5, 0.6) is 0 Å². The Bertz CT molecular complexity index is 1180. The molecule has 0 radical (unpaired) electrons. The second-order valence-electron chi connectivity index (χ2n) is 7.81. The second kappa shape index (κ2) is 8.48. The van der Waals surface area contributed by atoms with Gasteiger partial charge in [-0.3, -0.25) is 9.48 Å². The molecule has 1 aliphatic heterocycles. The van der Waals surface area contributed by atoms with Crippen molar-refractivity contribution in [3.05, 3.63) is 114 Å². The van der Waals surface area contributed by atoms with E-state index in [-0.39, 0.29) is 5.91 Å². The molecular weight excluding hydrogens is 384 g/mol. The van der Waals surface area contributed by atoms with Gasteiger partial charge in [-0.05, 0) is 53.4 Å². The molecule has 0 fully saturated rings. The summed E-state index contributed by atoms with van der Waals surface area (Å²) >= 11 is 0. The average Bonchev–Trinajstić information content (AvgIpc) is 3.46. The van der Waals surface area contributed by atoms with Gasteiger partial charge < -0.3 is 10.2 Å². The lowest BCUT2D eigenvalue weighted by Gasteiger charge is -2.21. The summed E-state index contributed by atoms with van der Waals surface area (Å²) in [5.41, 5.74) is 6.40. The van der Waals surface area contributed by atoms with Crippen molar-refractivity contribution in [2.75, 3.05) is 16.8 Å². The molecule has 0 bridgehead atoms. The number of nitrogens with zero attached hydrogens (tertiary/aromatic N) is 3. The Labute approximate surface area is 182 Å². The zero-order valence-electron chi connectivity index (χ0n) is 17.2. The third-order valence-corrected chi connectivity index (χ3v) is 5.73. The van der Waals surface area contributed by atoms with E-state index >= 15 is 0 Å². The number of aromatic nitrogens is 2. The number of para-hydroxylation sites is 2. The molecule has 3 aromatic carbocycles. The van der Waals surface area contributed by atoms with Gasteiger partial charge in [-0.1, -0.05) is 48.5 Å². The van der Waals surface area contributed by atoms with Crippen molar-refractivity contribution in [1.29, 1.82) is 0 Å². The number of carbonyl (C=O) groups is 1. The van der Waals surface area contributed by atoms with Gasteiger partial charge in [0.2, 0.25) is 0 Å². The summed E-state index contributed by atoms with van der Waals surface area (Å²) in [6.45, 7) is 2.46. The first kappa shape index (κ1) is 19.1. The van der Waals surface area contributed by atoms with Crippen LogP contribution in [0.25, 0.3) is 0 Å². The lowest BCUT2D eigenvalue weighted by Crippen LogP contribution is -2.21. The first-order chi connectivity index (χ1) is 15.3. The SMILES string of the molecule is O=C(Nc1ccccc1CN1CCc2ccccc21)c1ccc(Cn2cccn2)cc1. The van der Waals surface area contributed by atoms with E-state index in [4.69, 9.17) is 0 Å². The second-order valence-corrected chi connectivity index (χ2v) is 7.81. The Morgan fingerprint density at radius 3 is 2.55 bits per heavy atom. The maximum atomic E-state index is 12.9. The molecule has 4 aromatic rings. The first-order valence-corrected chi connectivity index (χ1v) is 10.5. The van der Waals surface area contributed by atoms with E-state index < -0.39 is 0 Å². The van der Waals surface area contributed by atoms with Crippen LogP contribution in [0.4, 0.5) is 11.4 Å². The summed E-state index contributed by atoms with van der Waals surface area (Å²) in [6.07, 6.45) is 4.76. The zero-order chi connectivity index (χ0) is 21.0. The Kier molecular flexibility index (Phi) is 5.23. The summed E-state index contributed by atoms with van der Waals surface area (Å²) in [4.78, 5) is 15.3. The largest absolute Gasteiger partial charge is 0.367 e. The van der Waals surface area contributed by atoms with Gasteiger partial charge in [0, 0.05) is 42.4 Å². The van der Waals surface area contributed by atoms with E-state index in [1.807, 2.05) is 59.4 Å². The number of fused-ring (bicyclic) bond motifs is 1. The number of benzene rings is 3. The molecule has 0 aliphatic carbocycles. The van der Waals surface area contributed by atoms with E-state index in [1.54, 1.807) is 6.20 Å². The Balaban J connectivity index is 1.29. The molecular formula is C26H24N4O. The van der Waals surface area contributed by atoms with Gasteiger partial charge >= 0.3 is 0 Å². The molecule has 31 heavy (non-hydrogen) atoms. The average molecular weight is 409 g/mol. The lowest BCUT2D eigenvalue weighted by molar-refractivity contribution is 0.102. The lowest BCUT2D eigenvalue weighted by atomic mass is 10.1. The summed E-state index contributed by atoms with van der Waals surface area (Å²) in [5, 5.41) is 7.33. The van der Waals surface area contributed by atoms with Gasteiger partial charge in [0.05, 0.1) is 6.54 Å². The standard InChI is InChI=1S/C26H24N4O/c31-26(22-12-10-20(11-13-22)18-30-16-5-15-27-30)28-24-8-3-1-7-23(24)19-29-17-14-21-6-2-4-9-25(21)29/h1-13,15-16H,14,17-19H2,(H,28,31). The molecule has 0 saturated carbocycles. The van der Waals surface area contributed by atoms with Crippen LogP contribution in [0, 0.1) is 0 Å². The number of anilines is 2. The van der Waals surface area contributed by atoms with Crippen LogP contribution < -0.4 is 10.2 Å². The van der Waals surface area contributed by atoms with Crippen molar-refractivity contribution in [1.82, 2.24) is 9.78 Å². The molecule has 154 valence electrons. The molecule has 5 nitrogen and oxygen atoms in total. The Morgan fingerprint density at radius 2 is 1.71 bits per heavy atom. The first-order valence-electron chi connectivity index (χ1n) is 10.5. The van der Waals surface area contributed by atoms with Crippen molar-refractivity contribution in [2.45, 2.75) is 19.5 Å². The normalized spacial score (nSPS) is 12.6. The third-order valence-electron chi connectivity index (χ3n) is 5.73. The van der Waals surface area contributed by atoms with Gasteiger partial charge in [-0.15, -0.1) is 0 Å². The minimum absolute atomic E-state index is 0.0973. The van der Waals surface area contributed by atoms with E-state index in [2.05, 4.69) is 45.6 Å². The highest BCUT2D eigenvalue weighted by Gasteiger charge is 2.19. The maximum Gasteiger partial charge on any atom is 0.255 e. The highest BCUT2D eigenvalue weighted by atomic mass is 16.1. The molecule has 2 heterocycles. The van der Waals surface area contributed by atoms with Gasteiger partial charge in [-0.2, -0.15) is 5.10 Å². The predicted molar refractivity (Wildman–Crippen MR) is 123 cm³/mol. The number of carbonyl (C=O) groups excluding carboxylic acids is 1. The van der Waals surface area contributed by atoms with Crippen LogP contribution in [-0.2, 0) is 19.5 Å². The fourth-order valence-corrected chi connectivity index (χ4v) is 4.09. The molecule has 1 N–H and O–H groups in total. The van der Waals surface area contributed by atoms with Crippen molar-refractivity contribution in [3.8, 4) is 0 Å². The number of hydrogen-bond acceptors (Lipinski definition) is 3. The van der Waals surface area contributed by atoms with Crippen LogP contribution in [0.15, 0.2) is 91.3 Å². The number of amides is 1. The van der Waals surface area contributed by atoms with Crippen LogP contribution in [-0.4, -0.2) is 22.2 Å². The topological polar surface area (TPSA) is 50.2 Å². The summed E-state index contributed by atoms with van der Waals surface area (Å²) in [7, 11) is 0. The van der Waals surface area contributed by atoms with Gasteiger partial charge in [0.15, 0.2) is 0 Å². The molecule has 1 aromatic heterocycles. The number of rotatable bonds is 6. The number of hydrogen-bond donors (Lipinski definition) is 1. The van der Waals surface area contributed by atoms with E-state index in [9.17, 15) is 4.79 Å². The minimum Gasteiger partial charge on any atom is -0.367 e. The molecule has 0 spiro atoms. The summed E-state index contributed by atoms with van der Waals surface area (Å²) in [6, 6.07) is 26.2. The summed E-state index contributed by atoms with van der Waals surface area (Å²) in [5.74, 6) is -0.0973. The van der Waals surface area contributed by atoms with Gasteiger partial charge in [0.1, 0.15) is 0 Å². The predicted octanol–water partition coefficient (Wildman–Crippen LogP) is 4.75. The minimum atomic E-state index is -0.0973. The Hall–Kier alpha value is -3.86.